The number of aryl methyl sites for hydroxylation is 1. The number of aromatic nitrogens is 1. The molecule has 6 nitrogen and oxygen atoms in total. The molecule has 1 aromatic heterocycles. The van der Waals surface area contributed by atoms with Crippen LogP contribution in [-0.2, 0) is 9.53 Å². The Kier molecular flexibility index (Phi) is 5.40. The van der Waals surface area contributed by atoms with E-state index in [1.165, 1.54) is 4.90 Å². The van der Waals surface area contributed by atoms with Crippen molar-refractivity contribution < 1.29 is 18.3 Å². The van der Waals surface area contributed by atoms with Gasteiger partial charge in [-0.15, -0.1) is 0 Å². The van der Waals surface area contributed by atoms with Crippen LogP contribution in [0.25, 0.3) is 22.0 Å². The van der Waals surface area contributed by atoms with Crippen LogP contribution in [0.4, 0.5) is 20.3 Å². The molecule has 0 aliphatic carbocycles. The van der Waals surface area contributed by atoms with Crippen LogP contribution in [0.1, 0.15) is 23.6 Å². The van der Waals surface area contributed by atoms with Crippen molar-refractivity contribution in [2.75, 3.05) is 43.5 Å². The monoisotopic (exact) mass is 452 g/mol. The summed E-state index contributed by atoms with van der Waals surface area (Å²) in [6, 6.07) is 11.8. The summed E-state index contributed by atoms with van der Waals surface area (Å²) in [7, 11) is 0. The number of hydrogen-bond donors (Lipinski definition) is 1. The largest absolute Gasteiger partial charge is 0.382 e. The minimum atomic E-state index is -2.99. The lowest BCUT2D eigenvalue weighted by molar-refractivity contribution is -0.122. The fourth-order valence-corrected chi connectivity index (χ4v) is 5.01. The van der Waals surface area contributed by atoms with Crippen molar-refractivity contribution in [2.45, 2.75) is 25.3 Å². The Labute approximate surface area is 190 Å². The molecule has 3 aromatic rings. The first-order valence-electron chi connectivity index (χ1n) is 11.1. The third-order valence-corrected chi connectivity index (χ3v) is 6.63. The Morgan fingerprint density at radius 3 is 2.70 bits per heavy atom. The first-order chi connectivity index (χ1) is 15.9. The number of carbonyl (C=O) groups is 1. The van der Waals surface area contributed by atoms with E-state index in [2.05, 4.69) is 9.88 Å². The highest BCUT2D eigenvalue weighted by molar-refractivity contribution is 5.91. The quantitative estimate of drug-likeness (QED) is 0.602. The molecule has 1 amide bonds. The molecule has 1 unspecified atom stereocenters. The third-order valence-electron chi connectivity index (χ3n) is 6.63. The normalized spacial score (nSPS) is 20.4. The summed E-state index contributed by atoms with van der Waals surface area (Å²) in [5.74, 6) is -2.53. The van der Waals surface area contributed by atoms with Crippen LogP contribution < -0.4 is 10.6 Å². The van der Waals surface area contributed by atoms with Gasteiger partial charge in [-0.05, 0) is 47.4 Å². The number of benzene rings is 2. The number of carbonyl (C=O) groups excluding carboxylic acids is 1. The number of hydrogen-bond acceptors (Lipinski definition) is 5. The molecule has 0 radical (unpaired) electrons. The van der Waals surface area contributed by atoms with Gasteiger partial charge in [0.2, 0.25) is 6.41 Å². The standard InChI is InChI=1S/C25H26F2N4O2/c1-16-3-2-4-19(23-25(26,27)7-8-31(23)15-32)22(16)17-5-6-20-18(13-17)14-21(24(28)29-20)30-9-11-33-12-10-30/h2-6,13-15,23H,7-12H2,1H3,(H2,28,29). The predicted molar refractivity (Wildman–Crippen MR) is 124 cm³/mol. The molecule has 2 aromatic carbocycles. The number of alkyl halides is 2. The average molecular weight is 453 g/mol. The van der Waals surface area contributed by atoms with E-state index in [-0.39, 0.29) is 13.0 Å². The molecule has 172 valence electrons. The van der Waals surface area contributed by atoms with Crippen LogP contribution in [0.15, 0.2) is 42.5 Å². The number of anilines is 2. The van der Waals surface area contributed by atoms with Gasteiger partial charge in [0.25, 0.3) is 5.92 Å². The van der Waals surface area contributed by atoms with Crippen LogP contribution >= 0.6 is 0 Å². The molecule has 0 spiro atoms. The van der Waals surface area contributed by atoms with Crippen LogP contribution in [0.3, 0.4) is 0 Å². The van der Waals surface area contributed by atoms with Gasteiger partial charge in [0.05, 0.1) is 24.4 Å². The summed E-state index contributed by atoms with van der Waals surface area (Å²) >= 11 is 0. The SMILES string of the molecule is Cc1cccc(C2N(C=O)CCC2(F)F)c1-c1ccc2nc(N)c(N3CCOCC3)cc2c1. The second kappa shape index (κ2) is 8.26. The maximum absolute atomic E-state index is 14.9. The minimum Gasteiger partial charge on any atom is -0.382 e. The van der Waals surface area contributed by atoms with Crippen molar-refractivity contribution in [3.63, 3.8) is 0 Å². The van der Waals surface area contributed by atoms with E-state index in [0.717, 1.165) is 46.4 Å². The van der Waals surface area contributed by atoms with E-state index in [4.69, 9.17) is 10.5 Å². The van der Waals surface area contributed by atoms with E-state index in [1.54, 1.807) is 12.1 Å². The smallest absolute Gasteiger partial charge is 0.273 e. The van der Waals surface area contributed by atoms with E-state index in [9.17, 15) is 13.6 Å². The van der Waals surface area contributed by atoms with Gasteiger partial charge in [-0.1, -0.05) is 24.3 Å². The van der Waals surface area contributed by atoms with Crippen molar-refractivity contribution in [3.05, 3.63) is 53.6 Å². The van der Waals surface area contributed by atoms with Gasteiger partial charge in [-0.3, -0.25) is 4.79 Å². The van der Waals surface area contributed by atoms with Crippen LogP contribution in [0.2, 0.25) is 0 Å². The number of rotatable bonds is 4. The second-order valence-corrected chi connectivity index (χ2v) is 8.70. The number of morpholine rings is 1. The van der Waals surface area contributed by atoms with Crippen LogP contribution in [0, 0.1) is 6.92 Å². The van der Waals surface area contributed by atoms with E-state index in [0.29, 0.717) is 31.0 Å². The van der Waals surface area contributed by atoms with Gasteiger partial charge in [0, 0.05) is 31.4 Å². The Morgan fingerprint density at radius 2 is 1.94 bits per heavy atom. The van der Waals surface area contributed by atoms with E-state index in [1.807, 2.05) is 37.3 Å². The molecule has 0 saturated carbocycles. The number of amides is 1. The molecule has 2 N–H and O–H groups in total. The van der Waals surface area contributed by atoms with Crippen LogP contribution in [-0.4, -0.2) is 55.1 Å². The minimum absolute atomic E-state index is 0.0401. The van der Waals surface area contributed by atoms with E-state index >= 15 is 0 Å². The van der Waals surface area contributed by atoms with Crippen molar-refractivity contribution in [1.29, 1.82) is 0 Å². The Bertz CT molecular complexity index is 1210. The maximum atomic E-state index is 14.9. The number of nitrogens with zero attached hydrogens (tertiary/aromatic N) is 3. The number of nitrogens with two attached hydrogens (primary N) is 1. The van der Waals surface area contributed by atoms with Gasteiger partial charge in [0.15, 0.2) is 0 Å². The Morgan fingerprint density at radius 1 is 1.15 bits per heavy atom. The van der Waals surface area contributed by atoms with Crippen molar-refractivity contribution in [3.8, 4) is 11.1 Å². The molecule has 3 heterocycles. The number of fused-ring (bicyclic) bond motifs is 1. The molecule has 1 atom stereocenters. The summed E-state index contributed by atoms with van der Waals surface area (Å²) in [5, 5.41) is 0.878. The Balaban J connectivity index is 1.64. The molecule has 2 saturated heterocycles. The molecule has 33 heavy (non-hydrogen) atoms. The zero-order valence-corrected chi connectivity index (χ0v) is 18.4. The highest BCUT2D eigenvalue weighted by atomic mass is 19.3. The van der Waals surface area contributed by atoms with Crippen molar-refractivity contribution in [1.82, 2.24) is 9.88 Å². The number of nitrogen functional groups attached to an aromatic ring is 1. The lowest BCUT2D eigenvalue weighted by Gasteiger charge is -2.29. The van der Waals surface area contributed by atoms with Crippen molar-refractivity contribution >= 4 is 28.8 Å². The molecule has 2 aliphatic rings. The number of ether oxygens (including phenoxy) is 1. The first kappa shape index (κ1) is 21.6. The number of likely N-dealkylation sites (tertiary alicyclic amines) is 1. The fourth-order valence-electron chi connectivity index (χ4n) is 5.01. The fraction of sp³-hybridized carbons (Fsp3) is 0.360. The summed E-state index contributed by atoms with van der Waals surface area (Å²) in [5.41, 5.74) is 10.7. The molecule has 5 rings (SSSR count). The van der Waals surface area contributed by atoms with Gasteiger partial charge in [-0.25, -0.2) is 13.8 Å². The number of pyridine rings is 1. The van der Waals surface area contributed by atoms with Gasteiger partial charge < -0.3 is 20.3 Å². The summed E-state index contributed by atoms with van der Waals surface area (Å²) in [6.07, 6.45) is 0.188. The van der Waals surface area contributed by atoms with Gasteiger partial charge in [0.1, 0.15) is 11.9 Å². The third kappa shape index (κ3) is 3.78. The summed E-state index contributed by atoms with van der Waals surface area (Å²) in [6.45, 7) is 4.68. The molecule has 2 fully saturated rings. The van der Waals surface area contributed by atoms with E-state index < -0.39 is 12.0 Å². The lowest BCUT2D eigenvalue weighted by atomic mass is 9.88. The first-order valence-corrected chi connectivity index (χ1v) is 11.1. The zero-order valence-electron chi connectivity index (χ0n) is 18.4. The summed E-state index contributed by atoms with van der Waals surface area (Å²) < 4.78 is 35.2. The maximum Gasteiger partial charge on any atom is 0.273 e. The second-order valence-electron chi connectivity index (χ2n) is 8.70. The molecule has 8 heteroatoms. The average Bonchev–Trinajstić information content (AvgIpc) is 3.12. The van der Waals surface area contributed by atoms with Gasteiger partial charge in [-0.2, -0.15) is 0 Å². The highest BCUT2D eigenvalue weighted by Crippen LogP contribution is 2.47. The molecule has 0 bridgehead atoms. The van der Waals surface area contributed by atoms with Crippen LogP contribution in [0.5, 0.6) is 0 Å². The Hall–Kier alpha value is -3.26. The zero-order chi connectivity index (χ0) is 23.2. The summed E-state index contributed by atoms with van der Waals surface area (Å²) in [4.78, 5) is 19.5. The predicted octanol–water partition coefficient (Wildman–Crippen LogP) is 4.17. The molecule has 2 aliphatic heterocycles. The molecular weight excluding hydrogens is 426 g/mol. The molecular formula is C25H26F2N4O2. The number of halogens is 2. The van der Waals surface area contributed by atoms with Gasteiger partial charge >= 0.3 is 0 Å². The topological polar surface area (TPSA) is 71.7 Å². The van der Waals surface area contributed by atoms with Crippen molar-refractivity contribution in [2.24, 2.45) is 0 Å². The lowest BCUT2D eigenvalue weighted by Crippen LogP contribution is -2.36. The highest BCUT2D eigenvalue weighted by Gasteiger charge is 2.50.